The van der Waals surface area contributed by atoms with Gasteiger partial charge in [0.25, 0.3) is 0 Å². The first-order valence-electron chi connectivity index (χ1n) is 7.91. The highest BCUT2D eigenvalue weighted by atomic mass is 32.1. The van der Waals surface area contributed by atoms with Crippen LogP contribution in [0.3, 0.4) is 0 Å². The molecule has 1 aliphatic rings. The Hall–Kier alpha value is -1.16. The van der Waals surface area contributed by atoms with Gasteiger partial charge < -0.3 is 11.1 Å². The van der Waals surface area contributed by atoms with Gasteiger partial charge in [-0.1, -0.05) is 30.3 Å². The van der Waals surface area contributed by atoms with Crippen LogP contribution in [-0.2, 0) is 6.54 Å². The molecule has 3 rings (SSSR count). The van der Waals surface area contributed by atoms with Crippen LogP contribution in [0.15, 0.2) is 42.5 Å². The molecule has 1 aliphatic carbocycles. The Balaban J connectivity index is 1.47. The van der Waals surface area contributed by atoms with Gasteiger partial charge in [-0.25, -0.2) is 0 Å². The topological polar surface area (TPSA) is 38.0 Å². The average Bonchev–Trinajstić information content (AvgIpc) is 2.99. The van der Waals surface area contributed by atoms with Crippen molar-refractivity contribution in [3.63, 3.8) is 0 Å². The lowest BCUT2D eigenvalue weighted by molar-refractivity contribution is 0.314. The molecule has 0 unspecified atom stereocenters. The van der Waals surface area contributed by atoms with Crippen molar-refractivity contribution in [2.75, 3.05) is 6.54 Å². The van der Waals surface area contributed by atoms with E-state index in [1.54, 1.807) is 0 Å². The Bertz CT molecular complexity index is 541. The van der Waals surface area contributed by atoms with Gasteiger partial charge in [-0.05, 0) is 55.8 Å². The first-order valence-corrected chi connectivity index (χ1v) is 8.73. The van der Waals surface area contributed by atoms with Crippen LogP contribution < -0.4 is 11.1 Å². The van der Waals surface area contributed by atoms with Crippen LogP contribution >= 0.6 is 11.3 Å². The molecule has 3 N–H and O–H groups in total. The molecule has 1 fully saturated rings. The quantitative estimate of drug-likeness (QED) is 0.875. The molecule has 0 atom stereocenters. The summed E-state index contributed by atoms with van der Waals surface area (Å²) in [5.41, 5.74) is 7.27. The Kier molecular flexibility index (Phi) is 5.07. The van der Waals surface area contributed by atoms with Crippen LogP contribution in [0.4, 0.5) is 0 Å². The highest BCUT2D eigenvalue weighted by molar-refractivity contribution is 7.15. The normalized spacial score (nSPS) is 22.3. The fourth-order valence-electron chi connectivity index (χ4n) is 3.02. The minimum absolute atomic E-state index is 0.451. The van der Waals surface area contributed by atoms with Gasteiger partial charge in [0, 0.05) is 22.3 Å². The molecule has 0 bridgehead atoms. The lowest BCUT2D eigenvalue weighted by Gasteiger charge is -2.26. The van der Waals surface area contributed by atoms with Gasteiger partial charge in [0.05, 0.1) is 0 Å². The number of rotatable bonds is 5. The minimum atomic E-state index is 0.451. The summed E-state index contributed by atoms with van der Waals surface area (Å²) in [4.78, 5) is 2.78. The van der Waals surface area contributed by atoms with E-state index in [-0.39, 0.29) is 0 Å². The maximum absolute atomic E-state index is 5.96. The third-order valence-corrected chi connectivity index (χ3v) is 5.48. The Labute approximate surface area is 131 Å². The zero-order valence-corrected chi connectivity index (χ0v) is 13.2. The fraction of sp³-hybridized carbons (Fsp3) is 0.444. The van der Waals surface area contributed by atoms with Crippen molar-refractivity contribution < 1.29 is 0 Å². The van der Waals surface area contributed by atoms with Crippen molar-refractivity contribution in [2.45, 2.75) is 38.3 Å². The highest BCUT2D eigenvalue weighted by Crippen LogP contribution is 2.28. The summed E-state index contributed by atoms with van der Waals surface area (Å²) in [7, 11) is 0. The van der Waals surface area contributed by atoms with Gasteiger partial charge in [0.15, 0.2) is 0 Å². The van der Waals surface area contributed by atoms with Crippen molar-refractivity contribution in [3.05, 3.63) is 47.3 Å². The van der Waals surface area contributed by atoms with Gasteiger partial charge >= 0.3 is 0 Å². The van der Waals surface area contributed by atoms with Crippen molar-refractivity contribution >= 4 is 11.3 Å². The first-order chi connectivity index (χ1) is 10.3. The van der Waals surface area contributed by atoms with Crippen LogP contribution in [0.2, 0.25) is 0 Å². The molecule has 3 heteroatoms. The Morgan fingerprint density at radius 1 is 1.00 bits per heavy atom. The van der Waals surface area contributed by atoms with Gasteiger partial charge in [0.2, 0.25) is 0 Å². The molecule has 0 aliphatic heterocycles. The second-order valence-corrected chi connectivity index (χ2v) is 7.21. The highest BCUT2D eigenvalue weighted by Gasteiger charge is 2.17. The third-order valence-electron chi connectivity index (χ3n) is 4.34. The van der Waals surface area contributed by atoms with Crippen LogP contribution in [0.1, 0.15) is 30.6 Å². The molecule has 1 aromatic carbocycles. The average molecular weight is 300 g/mol. The summed E-state index contributed by atoms with van der Waals surface area (Å²) in [6, 6.07) is 15.5. The first kappa shape index (κ1) is 14.8. The number of benzene rings is 1. The van der Waals surface area contributed by atoms with Gasteiger partial charge in [-0.2, -0.15) is 0 Å². The standard InChI is InChI=1S/C18H24N2S/c19-16-8-6-14(7-9-16)12-20-13-17-10-11-18(21-17)15-4-2-1-3-5-15/h1-5,10-11,14,16,20H,6-9,12-13,19H2. The van der Waals surface area contributed by atoms with Crippen molar-refractivity contribution in [1.82, 2.24) is 5.32 Å². The van der Waals surface area contributed by atoms with E-state index in [4.69, 9.17) is 5.73 Å². The summed E-state index contributed by atoms with van der Waals surface area (Å²) in [6.45, 7) is 2.12. The number of thiophene rings is 1. The summed E-state index contributed by atoms with van der Waals surface area (Å²) in [6.07, 6.45) is 4.97. The van der Waals surface area contributed by atoms with E-state index < -0.39 is 0 Å². The molecule has 112 valence electrons. The number of hydrogen-bond donors (Lipinski definition) is 2. The predicted octanol–water partition coefficient (Wildman–Crippen LogP) is 4.02. The number of nitrogens with one attached hydrogen (secondary N) is 1. The van der Waals surface area contributed by atoms with E-state index >= 15 is 0 Å². The van der Waals surface area contributed by atoms with Crippen LogP contribution in [0.5, 0.6) is 0 Å². The fourth-order valence-corrected chi connectivity index (χ4v) is 4.01. The van der Waals surface area contributed by atoms with Crippen molar-refractivity contribution in [2.24, 2.45) is 11.7 Å². The van der Waals surface area contributed by atoms with Crippen molar-refractivity contribution in [1.29, 1.82) is 0 Å². The summed E-state index contributed by atoms with van der Waals surface area (Å²) in [5, 5.41) is 3.62. The zero-order valence-electron chi connectivity index (χ0n) is 12.4. The summed E-state index contributed by atoms with van der Waals surface area (Å²) < 4.78 is 0. The van der Waals surface area contributed by atoms with Crippen LogP contribution in [-0.4, -0.2) is 12.6 Å². The molecule has 2 aromatic rings. The third kappa shape index (κ3) is 4.16. The lowest BCUT2D eigenvalue weighted by Crippen LogP contribution is -2.31. The van der Waals surface area contributed by atoms with E-state index in [0.29, 0.717) is 6.04 Å². The molecule has 0 spiro atoms. The van der Waals surface area contributed by atoms with Crippen molar-refractivity contribution in [3.8, 4) is 10.4 Å². The van der Waals surface area contributed by atoms with E-state index in [2.05, 4.69) is 47.8 Å². The monoisotopic (exact) mass is 300 g/mol. The van der Waals surface area contributed by atoms with E-state index in [9.17, 15) is 0 Å². The molecule has 1 saturated carbocycles. The van der Waals surface area contributed by atoms with E-state index in [1.165, 1.54) is 41.0 Å². The molecule has 0 saturated heterocycles. The maximum atomic E-state index is 5.96. The Morgan fingerprint density at radius 2 is 1.76 bits per heavy atom. The molecular weight excluding hydrogens is 276 g/mol. The number of nitrogens with two attached hydrogens (primary N) is 1. The molecule has 1 heterocycles. The smallest absolute Gasteiger partial charge is 0.0346 e. The van der Waals surface area contributed by atoms with E-state index in [1.807, 2.05) is 11.3 Å². The predicted molar refractivity (Wildman–Crippen MR) is 91.4 cm³/mol. The molecular formula is C18H24N2S. The molecule has 0 radical (unpaired) electrons. The molecule has 1 aromatic heterocycles. The van der Waals surface area contributed by atoms with Gasteiger partial charge in [-0.3, -0.25) is 0 Å². The van der Waals surface area contributed by atoms with E-state index in [0.717, 1.165) is 19.0 Å². The SMILES string of the molecule is NC1CCC(CNCc2ccc(-c3ccccc3)s2)CC1. The molecule has 2 nitrogen and oxygen atoms in total. The second kappa shape index (κ2) is 7.21. The summed E-state index contributed by atoms with van der Waals surface area (Å²) >= 11 is 1.89. The van der Waals surface area contributed by atoms with Crippen LogP contribution in [0.25, 0.3) is 10.4 Å². The minimum Gasteiger partial charge on any atom is -0.328 e. The lowest BCUT2D eigenvalue weighted by atomic mass is 9.86. The van der Waals surface area contributed by atoms with Gasteiger partial charge in [0.1, 0.15) is 0 Å². The maximum Gasteiger partial charge on any atom is 0.0346 e. The summed E-state index contributed by atoms with van der Waals surface area (Å²) in [5.74, 6) is 0.818. The number of hydrogen-bond acceptors (Lipinski definition) is 3. The zero-order chi connectivity index (χ0) is 14.5. The second-order valence-electron chi connectivity index (χ2n) is 6.04. The molecule has 0 amide bonds. The molecule has 21 heavy (non-hydrogen) atoms. The van der Waals surface area contributed by atoms with Gasteiger partial charge in [-0.15, -0.1) is 11.3 Å². The van der Waals surface area contributed by atoms with Crippen LogP contribution in [0, 0.1) is 5.92 Å². The largest absolute Gasteiger partial charge is 0.328 e. The Morgan fingerprint density at radius 3 is 2.52 bits per heavy atom.